The molecule has 1 heterocycles. The van der Waals surface area contributed by atoms with Gasteiger partial charge in [0.15, 0.2) is 0 Å². The number of hydrogen-bond acceptors (Lipinski definition) is 3. The van der Waals surface area contributed by atoms with Gasteiger partial charge in [-0.05, 0) is 45.1 Å². The zero-order valence-corrected chi connectivity index (χ0v) is 12.8. The number of likely N-dealkylation sites (N-methyl/N-ethyl adjacent to an activating group) is 1. The molecular weight excluding hydrogens is 272 g/mol. The van der Waals surface area contributed by atoms with Crippen LogP contribution in [-0.4, -0.2) is 34.1 Å². The molecule has 2 aromatic rings. The van der Waals surface area contributed by atoms with Crippen LogP contribution in [0.25, 0.3) is 11.0 Å². The van der Waals surface area contributed by atoms with E-state index in [1.807, 2.05) is 18.2 Å². The molecule has 0 atom stereocenters. The third-order valence-corrected chi connectivity index (χ3v) is 4.91. The van der Waals surface area contributed by atoms with E-state index in [1.165, 1.54) is 25.7 Å². The Morgan fingerprint density at radius 2 is 2.05 bits per heavy atom. The second kappa shape index (κ2) is 4.93. The molecule has 0 radical (unpaired) electrons. The number of nitrogens with two attached hydrogens (primary N) is 1. The van der Waals surface area contributed by atoms with Gasteiger partial charge in [-0.25, -0.2) is 4.98 Å². The van der Waals surface area contributed by atoms with Crippen LogP contribution in [0.15, 0.2) is 18.2 Å². The quantitative estimate of drug-likeness (QED) is 0.945. The molecule has 3 rings (SSSR count). The number of halogens is 1. The Kier molecular flexibility index (Phi) is 3.38. The fraction of sp³-hybridized carbons (Fsp3) is 0.533. The highest BCUT2D eigenvalue weighted by Gasteiger charge is 2.37. The fourth-order valence-corrected chi connectivity index (χ4v) is 3.52. The van der Waals surface area contributed by atoms with Crippen molar-refractivity contribution in [1.82, 2.24) is 14.5 Å². The summed E-state index contributed by atoms with van der Waals surface area (Å²) in [4.78, 5) is 6.79. The lowest BCUT2D eigenvalue weighted by atomic mass is 9.96. The van der Waals surface area contributed by atoms with Crippen LogP contribution < -0.4 is 5.73 Å². The maximum Gasteiger partial charge on any atom is 0.201 e. The molecule has 0 amide bonds. The maximum atomic E-state index is 6.13. The van der Waals surface area contributed by atoms with Crippen LogP contribution in [0.2, 0.25) is 5.02 Å². The number of fused-ring (bicyclic) bond motifs is 1. The van der Waals surface area contributed by atoms with Crippen molar-refractivity contribution >= 4 is 28.6 Å². The maximum absolute atomic E-state index is 6.13. The summed E-state index contributed by atoms with van der Waals surface area (Å²) in [6.07, 6.45) is 4.98. The van der Waals surface area contributed by atoms with E-state index in [1.54, 1.807) is 0 Å². The molecule has 1 aliphatic carbocycles. The van der Waals surface area contributed by atoms with Crippen molar-refractivity contribution in [2.45, 2.75) is 37.8 Å². The minimum atomic E-state index is 0.185. The van der Waals surface area contributed by atoms with E-state index in [9.17, 15) is 0 Å². The average molecular weight is 293 g/mol. The van der Waals surface area contributed by atoms with E-state index in [0.29, 0.717) is 5.95 Å². The Bertz CT molecular complexity index is 626. The minimum absolute atomic E-state index is 0.185. The number of benzene rings is 1. The number of nitrogen functional groups attached to an aromatic ring is 1. The van der Waals surface area contributed by atoms with Gasteiger partial charge in [0, 0.05) is 17.1 Å². The highest BCUT2D eigenvalue weighted by atomic mass is 35.5. The second-order valence-corrected chi connectivity index (χ2v) is 6.45. The van der Waals surface area contributed by atoms with Crippen molar-refractivity contribution in [2.75, 3.05) is 19.8 Å². The summed E-state index contributed by atoms with van der Waals surface area (Å²) in [5.74, 6) is 0.579. The first kappa shape index (κ1) is 13.7. The van der Waals surface area contributed by atoms with Gasteiger partial charge in [-0.2, -0.15) is 0 Å². The molecule has 1 aliphatic rings. The van der Waals surface area contributed by atoms with Gasteiger partial charge < -0.3 is 15.2 Å². The Morgan fingerprint density at radius 3 is 2.70 bits per heavy atom. The predicted molar refractivity (Wildman–Crippen MR) is 84.0 cm³/mol. The molecule has 4 nitrogen and oxygen atoms in total. The third-order valence-electron chi connectivity index (χ3n) is 4.68. The van der Waals surface area contributed by atoms with Crippen LogP contribution in [0.3, 0.4) is 0 Å². The fourth-order valence-electron chi connectivity index (χ4n) is 3.35. The van der Waals surface area contributed by atoms with Gasteiger partial charge in [-0.15, -0.1) is 0 Å². The van der Waals surface area contributed by atoms with Crippen LogP contribution in [0.1, 0.15) is 25.7 Å². The molecule has 20 heavy (non-hydrogen) atoms. The summed E-state index contributed by atoms with van der Waals surface area (Å²) in [6.45, 7) is 0.878. The van der Waals surface area contributed by atoms with Gasteiger partial charge in [-0.3, -0.25) is 0 Å². The second-order valence-electron chi connectivity index (χ2n) is 6.02. The first-order valence-electron chi connectivity index (χ1n) is 7.11. The number of rotatable bonds is 3. The van der Waals surface area contributed by atoms with Gasteiger partial charge in [-0.1, -0.05) is 24.4 Å². The number of imidazole rings is 1. The van der Waals surface area contributed by atoms with E-state index < -0.39 is 0 Å². The standard InChI is InChI=1S/C15H21ClN4/c1-19(2)15(7-3-4-8-15)10-20-13-9-11(16)5-6-12(13)18-14(20)17/h5-6,9H,3-4,7-8,10H2,1-2H3,(H2,17,18). The third kappa shape index (κ3) is 2.17. The van der Waals surface area contributed by atoms with Gasteiger partial charge in [0.2, 0.25) is 5.95 Å². The SMILES string of the molecule is CN(C)C1(Cn2c(N)nc3ccc(Cl)cc32)CCCC1. The zero-order valence-electron chi connectivity index (χ0n) is 12.1. The average Bonchev–Trinajstić information content (AvgIpc) is 2.98. The molecule has 1 aromatic heterocycles. The number of nitrogens with zero attached hydrogens (tertiary/aromatic N) is 3. The van der Waals surface area contributed by atoms with Crippen LogP contribution in [0.5, 0.6) is 0 Å². The smallest absolute Gasteiger partial charge is 0.201 e. The monoisotopic (exact) mass is 292 g/mol. The van der Waals surface area contributed by atoms with Crippen molar-refractivity contribution in [1.29, 1.82) is 0 Å². The van der Waals surface area contributed by atoms with Gasteiger partial charge in [0.05, 0.1) is 11.0 Å². The topological polar surface area (TPSA) is 47.1 Å². The van der Waals surface area contributed by atoms with Crippen LogP contribution >= 0.6 is 11.6 Å². The Labute approximate surface area is 124 Å². The lowest BCUT2D eigenvalue weighted by Gasteiger charge is -2.37. The van der Waals surface area contributed by atoms with Crippen LogP contribution in [0.4, 0.5) is 5.95 Å². The minimum Gasteiger partial charge on any atom is -0.369 e. The first-order chi connectivity index (χ1) is 9.52. The van der Waals surface area contributed by atoms with Crippen molar-refractivity contribution in [3.63, 3.8) is 0 Å². The summed E-state index contributed by atoms with van der Waals surface area (Å²) in [5.41, 5.74) is 8.26. The van der Waals surface area contributed by atoms with Gasteiger partial charge in [0.25, 0.3) is 0 Å². The van der Waals surface area contributed by atoms with Crippen molar-refractivity contribution < 1.29 is 0 Å². The first-order valence-corrected chi connectivity index (χ1v) is 7.48. The molecule has 1 aromatic carbocycles. The van der Waals surface area contributed by atoms with E-state index in [4.69, 9.17) is 17.3 Å². The Hall–Kier alpha value is -1.26. The van der Waals surface area contributed by atoms with Crippen LogP contribution in [-0.2, 0) is 6.54 Å². The lowest BCUT2D eigenvalue weighted by Crippen LogP contribution is -2.45. The molecule has 5 heteroatoms. The summed E-state index contributed by atoms with van der Waals surface area (Å²) in [7, 11) is 4.32. The number of aromatic nitrogens is 2. The summed E-state index contributed by atoms with van der Waals surface area (Å²) < 4.78 is 2.12. The Morgan fingerprint density at radius 1 is 1.35 bits per heavy atom. The zero-order chi connectivity index (χ0) is 14.3. The van der Waals surface area contributed by atoms with E-state index in [2.05, 4.69) is 28.5 Å². The van der Waals surface area contributed by atoms with Crippen molar-refractivity contribution in [2.24, 2.45) is 0 Å². The molecule has 2 N–H and O–H groups in total. The summed E-state index contributed by atoms with van der Waals surface area (Å²) in [6, 6.07) is 5.75. The van der Waals surface area contributed by atoms with E-state index in [-0.39, 0.29) is 5.54 Å². The summed E-state index contributed by atoms with van der Waals surface area (Å²) in [5, 5.41) is 0.726. The highest BCUT2D eigenvalue weighted by Crippen LogP contribution is 2.37. The molecule has 0 bridgehead atoms. The molecule has 0 spiro atoms. The number of hydrogen-bond donors (Lipinski definition) is 1. The molecule has 1 fully saturated rings. The molecule has 108 valence electrons. The molecule has 1 saturated carbocycles. The Balaban J connectivity index is 2.05. The normalized spacial score (nSPS) is 18.2. The van der Waals surface area contributed by atoms with Gasteiger partial charge in [0.1, 0.15) is 0 Å². The van der Waals surface area contributed by atoms with E-state index >= 15 is 0 Å². The van der Waals surface area contributed by atoms with E-state index in [0.717, 1.165) is 22.6 Å². The largest absolute Gasteiger partial charge is 0.369 e. The predicted octanol–water partition coefficient (Wildman–Crippen LogP) is 3.15. The number of anilines is 1. The molecular formula is C15H21ClN4. The van der Waals surface area contributed by atoms with Crippen LogP contribution in [0, 0.1) is 0 Å². The van der Waals surface area contributed by atoms with Crippen molar-refractivity contribution in [3.8, 4) is 0 Å². The summed E-state index contributed by atoms with van der Waals surface area (Å²) >= 11 is 6.12. The molecule has 0 unspecified atom stereocenters. The van der Waals surface area contributed by atoms with Crippen molar-refractivity contribution in [3.05, 3.63) is 23.2 Å². The lowest BCUT2D eigenvalue weighted by molar-refractivity contribution is 0.136. The highest BCUT2D eigenvalue weighted by molar-refractivity contribution is 6.31. The molecule has 0 saturated heterocycles. The molecule has 0 aliphatic heterocycles. The van der Waals surface area contributed by atoms with Gasteiger partial charge >= 0.3 is 0 Å².